The first kappa shape index (κ1) is 17.3. The maximum absolute atomic E-state index is 2.29. The number of hydrogen-bond acceptors (Lipinski definition) is 0. The zero-order chi connectivity index (χ0) is 14.6. The molecule has 0 heteroatoms. The normalized spacial score (nSPS) is 10.9. The Labute approximate surface area is 127 Å². The average molecular weight is 274 g/mol. The molecule has 0 aromatic heterocycles. The van der Waals surface area contributed by atoms with E-state index in [4.69, 9.17) is 0 Å². The molecule has 0 amide bonds. The Hall–Kier alpha value is -0.780. The Bertz CT molecular complexity index is 331. The van der Waals surface area contributed by atoms with Gasteiger partial charge in [0.2, 0.25) is 0 Å². The van der Waals surface area contributed by atoms with Crippen LogP contribution in [-0.4, -0.2) is 0 Å². The quantitative estimate of drug-likeness (QED) is 0.391. The van der Waals surface area contributed by atoms with Gasteiger partial charge < -0.3 is 0 Å². The number of aryl methyl sites for hydroxylation is 2. The number of hydrogen-bond donors (Lipinski definition) is 0. The van der Waals surface area contributed by atoms with Crippen molar-refractivity contribution in [3.63, 3.8) is 0 Å². The maximum atomic E-state index is 2.29. The van der Waals surface area contributed by atoms with Gasteiger partial charge in [0, 0.05) is 0 Å². The molecule has 0 aliphatic heterocycles. The Balaban J connectivity index is 2.00. The summed E-state index contributed by atoms with van der Waals surface area (Å²) in [4.78, 5) is 0. The van der Waals surface area contributed by atoms with E-state index in [1.54, 1.807) is 5.56 Å². The monoisotopic (exact) mass is 274 g/mol. The second kappa shape index (κ2) is 10.9. The van der Waals surface area contributed by atoms with Crippen LogP contribution < -0.4 is 0 Å². The molecule has 1 aromatic rings. The third-order valence-corrected chi connectivity index (χ3v) is 4.42. The van der Waals surface area contributed by atoms with Crippen LogP contribution in [0.5, 0.6) is 0 Å². The molecule has 0 bridgehead atoms. The first-order chi connectivity index (χ1) is 9.75. The molecule has 0 atom stereocenters. The lowest BCUT2D eigenvalue weighted by molar-refractivity contribution is 0.556. The van der Waals surface area contributed by atoms with E-state index in [1.807, 2.05) is 0 Å². The van der Waals surface area contributed by atoms with Gasteiger partial charge in [-0.25, -0.2) is 0 Å². The lowest BCUT2D eigenvalue weighted by Crippen LogP contribution is -1.94. The molecule has 0 nitrogen and oxygen atoms in total. The molecule has 0 aliphatic rings. The Morgan fingerprint density at radius 1 is 0.650 bits per heavy atom. The first-order valence-corrected chi connectivity index (χ1v) is 8.80. The Morgan fingerprint density at radius 2 is 1.10 bits per heavy atom. The van der Waals surface area contributed by atoms with Crippen LogP contribution in [0.3, 0.4) is 0 Å². The SMILES string of the molecule is CCCCCCCCCCCCc1c(C)cccc1C. The molecular weight excluding hydrogens is 240 g/mol. The van der Waals surface area contributed by atoms with Crippen molar-refractivity contribution < 1.29 is 0 Å². The van der Waals surface area contributed by atoms with Crippen molar-refractivity contribution in [2.75, 3.05) is 0 Å². The smallest absolute Gasteiger partial charge is 0.0274 e. The van der Waals surface area contributed by atoms with Crippen LogP contribution in [0, 0.1) is 13.8 Å². The molecule has 0 saturated carbocycles. The molecule has 0 radical (unpaired) electrons. The molecule has 20 heavy (non-hydrogen) atoms. The minimum Gasteiger partial charge on any atom is -0.0654 e. The van der Waals surface area contributed by atoms with Gasteiger partial charge in [-0.2, -0.15) is 0 Å². The summed E-state index contributed by atoms with van der Waals surface area (Å²) in [5.74, 6) is 0. The van der Waals surface area contributed by atoms with Crippen LogP contribution >= 0.6 is 0 Å². The molecule has 0 spiro atoms. The fourth-order valence-electron chi connectivity index (χ4n) is 3.03. The van der Waals surface area contributed by atoms with E-state index >= 15 is 0 Å². The van der Waals surface area contributed by atoms with Crippen molar-refractivity contribution in [3.8, 4) is 0 Å². The topological polar surface area (TPSA) is 0 Å². The number of unbranched alkanes of at least 4 members (excludes halogenated alkanes) is 9. The standard InChI is InChI=1S/C20H34/c1-4-5-6-7-8-9-10-11-12-13-17-20-18(2)15-14-16-19(20)3/h14-16H,4-13,17H2,1-3H3. The highest BCUT2D eigenvalue weighted by Gasteiger charge is 2.01. The van der Waals surface area contributed by atoms with E-state index < -0.39 is 0 Å². The summed E-state index contributed by atoms with van der Waals surface area (Å²) < 4.78 is 0. The van der Waals surface area contributed by atoms with Gasteiger partial charge in [-0.15, -0.1) is 0 Å². The maximum Gasteiger partial charge on any atom is -0.0274 e. The highest BCUT2D eigenvalue weighted by Crippen LogP contribution is 2.17. The van der Waals surface area contributed by atoms with Crippen LogP contribution in [0.15, 0.2) is 18.2 Å². The van der Waals surface area contributed by atoms with E-state index in [2.05, 4.69) is 39.0 Å². The van der Waals surface area contributed by atoms with Crippen molar-refractivity contribution in [3.05, 3.63) is 34.9 Å². The lowest BCUT2D eigenvalue weighted by Gasteiger charge is -2.09. The minimum atomic E-state index is 1.27. The average Bonchev–Trinajstić information content (AvgIpc) is 2.43. The van der Waals surface area contributed by atoms with Gasteiger partial charge in [0.05, 0.1) is 0 Å². The highest BCUT2D eigenvalue weighted by molar-refractivity contribution is 5.33. The molecule has 114 valence electrons. The molecule has 0 N–H and O–H groups in total. The van der Waals surface area contributed by atoms with Crippen LogP contribution in [0.4, 0.5) is 0 Å². The molecular formula is C20H34. The van der Waals surface area contributed by atoms with Gasteiger partial charge in [-0.3, -0.25) is 0 Å². The largest absolute Gasteiger partial charge is 0.0654 e. The fraction of sp³-hybridized carbons (Fsp3) is 0.700. The van der Waals surface area contributed by atoms with Crippen LogP contribution in [0.2, 0.25) is 0 Å². The van der Waals surface area contributed by atoms with E-state index in [9.17, 15) is 0 Å². The lowest BCUT2D eigenvalue weighted by atomic mass is 9.97. The summed E-state index contributed by atoms with van der Waals surface area (Å²) in [6, 6.07) is 6.67. The third kappa shape index (κ3) is 7.12. The highest BCUT2D eigenvalue weighted by atomic mass is 14.1. The Morgan fingerprint density at radius 3 is 1.60 bits per heavy atom. The molecule has 0 aliphatic carbocycles. The molecule has 0 heterocycles. The zero-order valence-corrected chi connectivity index (χ0v) is 14.0. The fourth-order valence-corrected chi connectivity index (χ4v) is 3.03. The summed E-state index contributed by atoms with van der Waals surface area (Å²) >= 11 is 0. The van der Waals surface area contributed by atoms with Crippen molar-refractivity contribution in [1.29, 1.82) is 0 Å². The predicted molar refractivity (Wildman–Crippen MR) is 91.5 cm³/mol. The van der Waals surface area contributed by atoms with Crippen molar-refractivity contribution in [1.82, 2.24) is 0 Å². The van der Waals surface area contributed by atoms with Gasteiger partial charge in [0.1, 0.15) is 0 Å². The van der Waals surface area contributed by atoms with Crippen LogP contribution in [-0.2, 0) is 6.42 Å². The van der Waals surface area contributed by atoms with E-state index in [1.165, 1.54) is 81.8 Å². The minimum absolute atomic E-state index is 1.27. The van der Waals surface area contributed by atoms with Crippen molar-refractivity contribution >= 4 is 0 Å². The second-order valence-corrected chi connectivity index (χ2v) is 6.30. The zero-order valence-electron chi connectivity index (χ0n) is 14.0. The van der Waals surface area contributed by atoms with Gasteiger partial charge >= 0.3 is 0 Å². The van der Waals surface area contributed by atoms with Gasteiger partial charge in [-0.05, 0) is 43.4 Å². The summed E-state index contributed by atoms with van der Waals surface area (Å²) in [6.45, 7) is 6.79. The molecule has 1 rings (SSSR count). The van der Waals surface area contributed by atoms with E-state index in [0.717, 1.165) is 0 Å². The summed E-state index contributed by atoms with van der Waals surface area (Å²) in [5, 5.41) is 0. The molecule has 1 aromatic carbocycles. The van der Waals surface area contributed by atoms with Crippen LogP contribution in [0.1, 0.15) is 87.8 Å². The molecule has 0 fully saturated rings. The number of benzene rings is 1. The summed E-state index contributed by atoms with van der Waals surface area (Å²) in [7, 11) is 0. The van der Waals surface area contributed by atoms with Crippen molar-refractivity contribution in [2.24, 2.45) is 0 Å². The number of rotatable bonds is 11. The molecule has 0 unspecified atom stereocenters. The first-order valence-electron chi connectivity index (χ1n) is 8.80. The van der Waals surface area contributed by atoms with Gasteiger partial charge in [0.15, 0.2) is 0 Å². The third-order valence-electron chi connectivity index (χ3n) is 4.42. The molecule has 0 saturated heterocycles. The van der Waals surface area contributed by atoms with Crippen LogP contribution in [0.25, 0.3) is 0 Å². The predicted octanol–water partition coefficient (Wildman–Crippen LogP) is 6.77. The van der Waals surface area contributed by atoms with E-state index in [-0.39, 0.29) is 0 Å². The van der Waals surface area contributed by atoms with E-state index in [0.29, 0.717) is 0 Å². The Kier molecular flexibility index (Phi) is 9.45. The summed E-state index contributed by atoms with van der Waals surface area (Å²) in [6.07, 6.45) is 15.5. The summed E-state index contributed by atoms with van der Waals surface area (Å²) in [5.41, 5.74) is 4.54. The van der Waals surface area contributed by atoms with Gasteiger partial charge in [0.25, 0.3) is 0 Å². The van der Waals surface area contributed by atoms with Gasteiger partial charge in [-0.1, -0.05) is 82.9 Å². The second-order valence-electron chi connectivity index (χ2n) is 6.30. The van der Waals surface area contributed by atoms with Crippen molar-refractivity contribution in [2.45, 2.75) is 91.4 Å².